The van der Waals surface area contributed by atoms with Crippen molar-refractivity contribution in [1.82, 2.24) is 5.32 Å². The maximum atomic E-state index is 12.0. The predicted molar refractivity (Wildman–Crippen MR) is 81.9 cm³/mol. The highest BCUT2D eigenvalue weighted by atomic mass is 35.5. The molecular formula is C14H18ClN3O3. The molecule has 21 heavy (non-hydrogen) atoms. The molecule has 0 atom stereocenters. The van der Waals surface area contributed by atoms with Crippen molar-refractivity contribution < 1.29 is 9.72 Å². The van der Waals surface area contributed by atoms with Gasteiger partial charge in [-0.2, -0.15) is 0 Å². The van der Waals surface area contributed by atoms with Gasteiger partial charge in [0, 0.05) is 24.7 Å². The molecule has 1 amide bonds. The molecule has 2 N–H and O–H groups in total. The Labute approximate surface area is 128 Å². The molecule has 114 valence electrons. The van der Waals surface area contributed by atoms with E-state index in [0.29, 0.717) is 13.1 Å². The fourth-order valence-corrected chi connectivity index (χ4v) is 2.40. The van der Waals surface area contributed by atoms with Gasteiger partial charge < -0.3 is 10.6 Å². The number of nitrogens with zero attached hydrogens (tertiary/aromatic N) is 1. The van der Waals surface area contributed by atoms with Gasteiger partial charge in [-0.25, -0.2) is 0 Å². The van der Waals surface area contributed by atoms with E-state index in [1.54, 1.807) is 0 Å². The van der Waals surface area contributed by atoms with E-state index in [0.717, 1.165) is 12.3 Å². The molecule has 0 heterocycles. The molecule has 1 saturated carbocycles. The van der Waals surface area contributed by atoms with Crippen molar-refractivity contribution in [1.29, 1.82) is 0 Å². The molecule has 0 bridgehead atoms. The van der Waals surface area contributed by atoms with Gasteiger partial charge in [-0.1, -0.05) is 24.4 Å². The van der Waals surface area contributed by atoms with Crippen LogP contribution in [0.5, 0.6) is 0 Å². The van der Waals surface area contributed by atoms with E-state index >= 15 is 0 Å². The first-order valence-corrected chi connectivity index (χ1v) is 7.40. The van der Waals surface area contributed by atoms with Gasteiger partial charge in [-0.05, 0) is 25.3 Å². The average molecular weight is 312 g/mol. The highest BCUT2D eigenvalue weighted by Crippen LogP contribution is 2.34. The van der Waals surface area contributed by atoms with Gasteiger partial charge in [0.05, 0.1) is 9.95 Å². The van der Waals surface area contributed by atoms with Crippen LogP contribution in [0, 0.1) is 16.0 Å². The molecule has 0 aromatic heterocycles. The third-order valence-electron chi connectivity index (χ3n) is 3.42. The lowest BCUT2D eigenvalue weighted by atomic mass is 10.1. The lowest BCUT2D eigenvalue weighted by Crippen LogP contribution is -2.25. The molecule has 0 radical (unpaired) electrons. The molecule has 0 spiro atoms. The molecule has 2 rings (SSSR count). The van der Waals surface area contributed by atoms with Gasteiger partial charge in [0.15, 0.2) is 0 Å². The van der Waals surface area contributed by atoms with Crippen molar-refractivity contribution >= 4 is 28.9 Å². The predicted octanol–water partition coefficient (Wildman–Crippen LogP) is 3.21. The SMILES string of the molecule is CCNc1c(Cl)cc(C(=O)NCCC2CC2)cc1[N+](=O)[O-]. The van der Waals surface area contributed by atoms with E-state index in [9.17, 15) is 14.9 Å². The Hall–Kier alpha value is -1.82. The van der Waals surface area contributed by atoms with Crippen LogP contribution in [0.4, 0.5) is 11.4 Å². The van der Waals surface area contributed by atoms with Crippen LogP contribution in [0.25, 0.3) is 0 Å². The van der Waals surface area contributed by atoms with E-state index in [2.05, 4.69) is 10.6 Å². The molecule has 1 aromatic rings. The molecule has 0 unspecified atom stereocenters. The minimum Gasteiger partial charge on any atom is -0.379 e. The second-order valence-corrected chi connectivity index (χ2v) is 5.53. The highest BCUT2D eigenvalue weighted by Gasteiger charge is 2.23. The minimum absolute atomic E-state index is 0.179. The third kappa shape index (κ3) is 4.07. The standard InChI is InChI=1S/C14H18ClN3O3/c1-2-16-13-11(15)7-10(8-12(13)18(20)21)14(19)17-6-5-9-3-4-9/h7-9,16H,2-6H2,1H3,(H,17,19). The van der Waals surface area contributed by atoms with Crippen molar-refractivity contribution in [3.63, 3.8) is 0 Å². The summed E-state index contributed by atoms with van der Waals surface area (Å²) in [7, 11) is 0. The van der Waals surface area contributed by atoms with E-state index < -0.39 is 4.92 Å². The van der Waals surface area contributed by atoms with Crippen LogP contribution in [0.3, 0.4) is 0 Å². The fraction of sp³-hybridized carbons (Fsp3) is 0.500. The van der Waals surface area contributed by atoms with Crippen molar-refractivity contribution in [3.05, 3.63) is 32.8 Å². The monoisotopic (exact) mass is 311 g/mol. The summed E-state index contributed by atoms with van der Waals surface area (Å²) in [6.45, 7) is 2.91. The largest absolute Gasteiger partial charge is 0.379 e. The normalized spacial score (nSPS) is 13.8. The van der Waals surface area contributed by atoms with Gasteiger partial charge in [-0.15, -0.1) is 0 Å². The summed E-state index contributed by atoms with van der Waals surface area (Å²) < 4.78 is 0. The number of nitro groups is 1. The topological polar surface area (TPSA) is 84.3 Å². The Balaban J connectivity index is 2.14. The Morgan fingerprint density at radius 1 is 1.48 bits per heavy atom. The first-order chi connectivity index (χ1) is 10.0. The zero-order valence-corrected chi connectivity index (χ0v) is 12.6. The number of hydrogen-bond donors (Lipinski definition) is 2. The third-order valence-corrected chi connectivity index (χ3v) is 3.72. The maximum absolute atomic E-state index is 12.0. The molecule has 1 aliphatic carbocycles. The number of benzene rings is 1. The van der Waals surface area contributed by atoms with Crippen LogP contribution in [-0.4, -0.2) is 23.9 Å². The van der Waals surface area contributed by atoms with Crippen LogP contribution < -0.4 is 10.6 Å². The van der Waals surface area contributed by atoms with E-state index in [4.69, 9.17) is 11.6 Å². The van der Waals surface area contributed by atoms with Crippen molar-refractivity contribution in [3.8, 4) is 0 Å². The smallest absolute Gasteiger partial charge is 0.294 e. The van der Waals surface area contributed by atoms with Crippen LogP contribution in [0.1, 0.15) is 36.5 Å². The average Bonchev–Trinajstić information content (AvgIpc) is 3.24. The first kappa shape index (κ1) is 15.6. The zero-order valence-electron chi connectivity index (χ0n) is 11.8. The van der Waals surface area contributed by atoms with Crippen molar-refractivity contribution in [2.75, 3.05) is 18.4 Å². The molecule has 0 saturated heterocycles. The van der Waals surface area contributed by atoms with E-state index in [1.807, 2.05) is 6.92 Å². The molecule has 6 nitrogen and oxygen atoms in total. The van der Waals surface area contributed by atoms with Gasteiger partial charge in [0.25, 0.3) is 11.6 Å². The van der Waals surface area contributed by atoms with Crippen LogP contribution in [0.2, 0.25) is 5.02 Å². The summed E-state index contributed by atoms with van der Waals surface area (Å²) >= 11 is 6.05. The second-order valence-electron chi connectivity index (χ2n) is 5.13. The zero-order chi connectivity index (χ0) is 15.4. The molecule has 1 fully saturated rings. The minimum atomic E-state index is -0.537. The molecular weight excluding hydrogens is 294 g/mol. The molecule has 7 heteroatoms. The van der Waals surface area contributed by atoms with E-state index in [1.165, 1.54) is 25.0 Å². The Morgan fingerprint density at radius 3 is 2.76 bits per heavy atom. The number of amides is 1. The summed E-state index contributed by atoms with van der Waals surface area (Å²) in [5.74, 6) is 0.392. The lowest BCUT2D eigenvalue weighted by molar-refractivity contribution is -0.384. The lowest BCUT2D eigenvalue weighted by Gasteiger charge is -2.10. The number of hydrogen-bond acceptors (Lipinski definition) is 4. The fourth-order valence-electron chi connectivity index (χ4n) is 2.12. The van der Waals surface area contributed by atoms with Gasteiger partial charge in [-0.3, -0.25) is 14.9 Å². The number of nitrogens with one attached hydrogen (secondary N) is 2. The Kier molecular flexibility index (Phi) is 5.01. The summed E-state index contributed by atoms with van der Waals surface area (Å²) in [5.41, 5.74) is 0.277. The summed E-state index contributed by atoms with van der Waals surface area (Å²) in [4.78, 5) is 22.6. The molecule has 1 aliphatic rings. The molecule has 0 aliphatic heterocycles. The number of nitro benzene ring substituents is 1. The number of anilines is 1. The van der Waals surface area contributed by atoms with Crippen molar-refractivity contribution in [2.24, 2.45) is 5.92 Å². The number of carbonyl (C=O) groups excluding carboxylic acids is 1. The quantitative estimate of drug-likeness (QED) is 0.598. The maximum Gasteiger partial charge on any atom is 0.294 e. The number of halogens is 1. The second kappa shape index (κ2) is 6.76. The van der Waals surface area contributed by atoms with Crippen LogP contribution in [-0.2, 0) is 0 Å². The van der Waals surface area contributed by atoms with Crippen molar-refractivity contribution in [2.45, 2.75) is 26.2 Å². The molecule has 1 aromatic carbocycles. The van der Waals surface area contributed by atoms with Gasteiger partial charge in [0.2, 0.25) is 0 Å². The van der Waals surface area contributed by atoms with Gasteiger partial charge in [0.1, 0.15) is 5.69 Å². The van der Waals surface area contributed by atoms with Crippen LogP contribution >= 0.6 is 11.6 Å². The number of rotatable bonds is 7. The number of carbonyl (C=O) groups is 1. The Bertz CT molecular complexity index is 559. The summed E-state index contributed by atoms with van der Waals surface area (Å²) in [6, 6.07) is 2.72. The van der Waals surface area contributed by atoms with Gasteiger partial charge >= 0.3 is 0 Å². The van der Waals surface area contributed by atoms with Crippen LogP contribution in [0.15, 0.2) is 12.1 Å². The Morgan fingerprint density at radius 2 is 2.19 bits per heavy atom. The highest BCUT2D eigenvalue weighted by molar-refractivity contribution is 6.34. The summed E-state index contributed by atoms with van der Waals surface area (Å²) in [5, 5.41) is 16.9. The van der Waals surface area contributed by atoms with E-state index in [-0.39, 0.29) is 27.9 Å². The summed E-state index contributed by atoms with van der Waals surface area (Å²) in [6.07, 6.45) is 3.41. The first-order valence-electron chi connectivity index (χ1n) is 7.03.